The van der Waals surface area contributed by atoms with Crippen molar-refractivity contribution in [1.29, 1.82) is 0 Å². The molecular weight excluding hydrogens is 242 g/mol. The fourth-order valence-corrected chi connectivity index (χ4v) is 2.77. The second-order valence-corrected chi connectivity index (χ2v) is 4.88. The Hall–Kier alpha value is -1.17. The number of ether oxygens (including phenoxy) is 2. The number of hydrogen-bond donors (Lipinski definition) is 2. The van der Waals surface area contributed by atoms with Crippen LogP contribution in [0.5, 0.6) is 0 Å². The zero-order valence-corrected chi connectivity index (χ0v) is 11.7. The molecule has 2 heterocycles. The molecule has 5 heteroatoms. The van der Waals surface area contributed by atoms with Gasteiger partial charge in [0.25, 0.3) is 0 Å². The molecule has 19 heavy (non-hydrogen) atoms. The predicted octanol–water partition coefficient (Wildman–Crippen LogP) is 1.51. The molecule has 0 aliphatic carbocycles. The molecule has 1 aliphatic rings. The van der Waals surface area contributed by atoms with Gasteiger partial charge in [-0.15, -0.1) is 0 Å². The molecular formula is C14H23N3O2. The van der Waals surface area contributed by atoms with Crippen molar-refractivity contribution in [2.24, 2.45) is 0 Å². The molecule has 1 unspecified atom stereocenters. The minimum absolute atomic E-state index is 0.0418. The predicted molar refractivity (Wildman–Crippen MR) is 74.9 cm³/mol. The first-order chi connectivity index (χ1) is 9.23. The Bertz CT molecular complexity index is 405. The molecule has 1 atom stereocenters. The van der Waals surface area contributed by atoms with E-state index in [1.807, 2.05) is 12.3 Å². The van der Waals surface area contributed by atoms with Crippen LogP contribution in [-0.2, 0) is 9.47 Å². The zero-order valence-electron chi connectivity index (χ0n) is 11.7. The van der Waals surface area contributed by atoms with Gasteiger partial charge in [0.1, 0.15) is 0 Å². The summed E-state index contributed by atoms with van der Waals surface area (Å²) in [6.45, 7) is 4.37. The maximum atomic E-state index is 6.11. The summed E-state index contributed by atoms with van der Waals surface area (Å²) in [5, 5.41) is 3.50. The lowest BCUT2D eigenvalue weighted by atomic mass is 9.82. The molecule has 3 N–H and O–H groups in total. The molecule has 5 nitrogen and oxygen atoms in total. The molecule has 1 aliphatic heterocycles. The molecule has 1 aromatic rings. The number of methoxy groups -OCH3 is 1. The van der Waals surface area contributed by atoms with Crippen molar-refractivity contribution in [1.82, 2.24) is 10.3 Å². The Morgan fingerprint density at radius 3 is 2.84 bits per heavy atom. The number of aromatic nitrogens is 1. The van der Waals surface area contributed by atoms with E-state index in [4.69, 9.17) is 15.2 Å². The fourth-order valence-electron chi connectivity index (χ4n) is 2.77. The number of anilines is 1. The number of pyridine rings is 1. The van der Waals surface area contributed by atoms with Crippen LogP contribution in [0, 0.1) is 0 Å². The second kappa shape index (κ2) is 6.32. The summed E-state index contributed by atoms with van der Waals surface area (Å²) in [4.78, 5) is 4.20. The van der Waals surface area contributed by atoms with Gasteiger partial charge < -0.3 is 20.5 Å². The molecule has 106 valence electrons. The lowest BCUT2D eigenvalue weighted by Gasteiger charge is -2.43. The van der Waals surface area contributed by atoms with Crippen LogP contribution >= 0.6 is 0 Å². The van der Waals surface area contributed by atoms with Crippen molar-refractivity contribution >= 4 is 5.69 Å². The zero-order chi connectivity index (χ0) is 13.7. The molecule has 0 radical (unpaired) electrons. The second-order valence-electron chi connectivity index (χ2n) is 4.88. The lowest BCUT2D eigenvalue weighted by molar-refractivity contribution is -0.111. The maximum Gasteiger partial charge on any atom is 0.0917 e. The molecule has 2 rings (SSSR count). The molecule has 1 fully saturated rings. The van der Waals surface area contributed by atoms with Crippen LogP contribution in [0.25, 0.3) is 0 Å². The largest absolute Gasteiger partial charge is 0.398 e. The van der Waals surface area contributed by atoms with Crippen molar-refractivity contribution in [2.75, 3.05) is 32.6 Å². The molecule has 0 aromatic carbocycles. The van der Waals surface area contributed by atoms with Gasteiger partial charge >= 0.3 is 0 Å². The van der Waals surface area contributed by atoms with Crippen molar-refractivity contribution in [3.05, 3.63) is 24.0 Å². The van der Waals surface area contributed by atoms with Gasteiger partial charge in [-0.25, -0.2) is 0 Å². The summed E-state index contributed by atoms with van der Waals surface area (Å²) in [5.41, 5.74) is 7.59. The number of nitrogens with one attached hydrogen (secondary N) is 1. The number of hydrogen-bond acceptors (Lipinski definition) is 5. The smallest absolute Gasteiger partial charge is 0.0917 e. The summed E-state index contributed by atoms with van der Waals surface area (Å²) in [7, 11) is 1.77. The Balaban J connectivity index is 2.35. The van der Waals surface area contributed by atoms with Crippen LogP contribution in [0.15, 0.2) is 18.5 Å². The van der Waals surface area contributed by atoms with E-state index in [0.29, 0.717) is 0 Å². The molecule has 0 saturated carbocycles. The van der Waals surface area contributed by atoms with Gasteiger partial charge in [-0.05, 0) is 12.6 Å². The van der Waals surface area contributed by atoms with E-state index >= 15 is 0 Å². The standard InChI is InChI=1S/C14H23N3O2/c1-3-17-13(11-10-16-7-4-12(11)15)14(18-2)5-8-19-9-6-14/h4,7,10,13,17H,3,5-6,8-9H2,1-2H3,(H2,15,16). The van der Waals surface area contributed by atoms with Crippen LogP contribution in [0.3, 0.4) is 0 Å². The van der Waals surface area contributed by atoms with Crippen molar-refractivity contribution in [3.8, 4) is 0 Å². The average molecular weight is 265 g/mol. The van der Waals surface area contributed by atoms with Gasteiger partial charge in [0.15, 0.2) is 0 Å². The fraction of sp³-hybridized carbons (Fsp3) is 0.643. The summed E-state index contributed by atoms with van der Waals surface area (Å²) in [6.07, 6.45) is 5.26. The Morgan fingerprint density at radius 1 is 1.53 bits per heavy atom. The van der Waals surface area contributed by atoms with E-state index < -0.39 is 0 Å². The average Bonchev–Trinajstić information content (AvgIpc) is 2.46. The van der Waals surface area contributed by atoms with Crippen molar-refractivity contribution < 1.29 is 9.47 Å². The number of rotatable bonds is 5. The summed E-state index contributed by atoms with van der Waals surface area (Å²) in [6, 6.07) is 1.88. The Kier molecular flexibility index (Phi) is 4.74. The minimum atomic E-state index is -0.272. The Morgan fingerprint density at radius 2 is 2.26 bits per heavy atom. The normalized spacial score (nSPS) is 20.1. The van der Waals surface area contributed by atoms with Gasteiger partial charge in [-0.2, -0.15) is 0 Å². The molecule has 0 spiro atoms. The van der Waals surface area contributed by atoms with Gasteiger partial charge in [0, 0.05) is 56.8 Å². The number of nitrogens with zero attached hydrogens (tertiary/aromatic N) is 1. The minimum Gasteiger partial charge on any atom is -0.398 e. The number of likely N-dealkylation sites (N-methyl/N-ethyl adjacent to an activating group) is 1. The van der Waals surface area contributed by atoms with Crippen LogP contribution in [0.1, 0.15) is 31.4 Å². The summed E-state index contributed by atoms with van der Waals surface area (Å²) in [5.74, 6) is 0. The molecule has 0 bridgehead atoms. The van der Waals surface area contributed by atoms with E-state index in [9.17, 15) is 0 Å². The van der Waals surface area contributed by atoms with Crippen LogP contribution < -0.4 is 11.1 Å². The topological polar surface area (TPSA) is 69.4 Å². The highest BCUT2D eigenvalue weighted by Gasteiger charge is 2.41. The third-order valence-corrected chi connectivity index (χ3v) is 3.88. The summed E-state index contributed by atoms with van der Waals surface area (Å²) >= 11 is 0. The van der Waals surface area contributed by atoms with E-state index in [1.54, 1.807) is 13.3 Å². The highest BCUT2D eigenvalue weighted by molar-refractivity contribution is 5.47. The van der Waals surface area contributed by atoms with Crippen molar-refractivity contribution in [3.63, 3.8) is 0 Å². The first-order valence-corrected chi connectivity index (χ1v) is 6.79. The summed E-state index contributed by atoms with van der Waals surface area (Å²) < 4.78 is 11.3. The van der Waals surface area contributed by atoms with Crippen molar-refractivity contribution in [2.45, 2.75) is 31.4 Å². The third kappa shape index (κ3) is 2.88. The number of nitrogen functional groups attached to an aromatic ring is 1. The maximum absolute atomic E-state index is 6.11. The van der Waals surface area contributed by atoms with Crippen LogP contribution in [-0.4, -0.2) is 37.5 Å². The quantitative estimate of drug-likeness (QED) is 0.844. The van der Waals surface area contributed by atoms with Gasteiger partial charge in [0.2, 0.25) is 0 Å². The van der Waals surface area contributed by atoms with Crippen LogP contribution in [0.2, 0.25) is 0 Å². The van der Waals surface area contributed by atoms with Gasteiger partial charge in [0.05, 0.1) is 11.6 Å². The first kappa shape index (κ1) is 14.2. The van der Waals surface area contributed by atoms with Gasteiger partial charge in [-0.1, -0.05) is 6.92 Å². The molecule has 0 amide bonds. The SMILES string of the molecule is CCNC(c1cnccc1N)C1(OC)CCOCC1. The lowest BCUT2D eigenvalue weighted by Crippen LogP contribution is -2.49. The monoisotopic (exact) mass is 265 g/mol. The molecule has 1 aromatic heterocycles. The highest BCUT2D eigenvalue weighted by Crippen LogP contribution is 2.38. The van der Waals surface area contributed by atoms with E-state index in [2.05, 4.69) is 17.2 Å². The molecule has 1 saturated heterocycles. The number of nitrogens with two attached hydrogens (primary N) is 1. The highest BCUT2D eigenvalue weighted by atomic mass is 16.5. The van der Waals surface area contributed by atoms with Crippen LogP contribution in [0.4, 0.5) is 5.69 Å². The van der Waals surface area contributed by atoms with E-state index in [1.165, 1.54) is 0 Å². The third-order valence-electron chi connectivity index (χ3n) is 3.88. The first-order valence-electron chi connectivity index (χ1n) is 6.79. The van der Waals surface area contributed by atoms with E-state index in [0.717, 1.165) is 43.9 Å². The Labute approximate surface area is 114 Å². The van der Waals surface area contributed by atoms with Gasteiger partial charge in [-0.3, -0.25) is 4.98 Å². The van der Waals surface area contributed by atoms with E-state index in [-0.39, 0.29) is 11.6 Å².